The van der Waals surface area contributed by atoms with E-state index in [1.54, 1.807) is 24.4 Å². The molecule has 0 bridgehead atoms. The summed E-state index contributed by atoms with van der Waals surface area (Å²) in [6.07, 6.45) is 1.71. The number of benzene rings is 2. The zero-order valence-corrected chi connectivity index (χ0v) is 13.6. The first-order valence-corrected chi connectivity index (χ1v) is 8.21. The number of hydrogen-bond acceptors (Lipinski definition) is 4. The Kier molecular flexibility index (Phi) is 4.62. The molecule has 6 heteroatoms. The monoisotopic (exact) mass is 348 g/mol. The third-order valence-electron chi connectivity index (χ3n) is 3.12. The van der Waals surface area contributed by atoms with E-state index in [1.807, 2.05) is 24.3 Å². The molecule has 0 amide bonds. The molecule has 0 unspecified atom stereocenters. The lowest BCUT2D eigenvalue weighted by Crippen LogP contribution is -2.03. The van der Waals surface area contributed by atoms with Crippen LogP contribution in [0.2, 0.25) is 10.0 Å². The van der Waals surface area contributed by atoms with E-state index in [1.165, 1.54) is 11.8 Å². The standard InChI is InChI=1S/C16H10Cl2N2OS/c17-13-6-5-10(7-14(13)18)15(21)9-22-16-12-4-2-1-3-11(12)8-19-20-16/h1-8H,9H2. The van der Waals surface area contributed by atoms with Crippen molar-refractivity contribution in [3.63, 3.8) is 0 Å². The number of halogens is 2. The molecule has 0 aliphatic heterocycles. The number of carbonyl (C=O) groups excluding carboxylic acids is 1. The van der Waals surface area contributed by atoms with E-state index in [4.69, 9.17) is 23.2 Å². The van der Waals surface area contributed by atoms with Gasteiger partial charge in [0, 0.05) is 16.3 Å². The Morgan fingerprint density at radius 1 is 1.09 bits per heavy atom. The highest BCUT2D eigenvalue weighted by atomic mass is 35.5. The predicted molar refractivity (Wildman–Crippen MR) is 91.1 cm³/mol. The predicted octanol–water partition coefficient (Wildman–Crippen LogP) is 4.91. The van der Waals surface area contributed by atoms with Gasteiger partial charge in [0.2, 0.25) is 0 Å². The Bertz CT molecular complexity index is 849. The third kappa shape index (κ3) is 3.24. The smallest absolute Gasteiger partial charge is 0.173 e. The van der Waals surface area contributed by atoms with Crippen LogP contribution >= 0.6 is 35.0 Å². The number of Topliss-reactive ketones (excluding diaryl/α,β-unsaturated/α-hetero) is 1. The van der Waals surface area contributed by atoms with Crippen LogP contribution in [0.25, 0.3) is 10.8 Å². The summed E-state index contributed by atoms with van der Waals surface area (Å²) >= 11 is 13.2. The number of carbonyl (C=O) groups is 1. The molecule has 22 heavy (non-hydrogen) atoms. The van der Waals surface area contributed by atoms with E-state index < -0.39 is 0 Å². The first-order chi connectivity index (χ1) is 10.6. The number of fused-ring (bicyclic) bond motifs is 1. The van der Waals surface area contributed by atoms with Crippen LogP contribution in [0, 0.1) is 0 Å². The zero-order chi connectivity index (χ0) is 15.5. The molecule has 2 aromatic carbocycles. The molecule has 0 fully saturated rings. The molecule has 1 heterocycles. The SMILES string of the molecule is O=C(CSc1nncc2ccccc12)c1ccc(Cl)c(Cl)c1. The number of rotatable bonds is 4. The Hall–Kier alpha value is -1.62. The highest BCUT2D eigenvalue weighted by molar-refractivity contribution is 8.00. The van der Waals surface area contributed by atoms with Crippen LogP contribution in [-0.2, 0) is 0 Å². The van der Waals surface area contributed by atoms with E-state index >= 15 is 0 Å². The van der Waals surface area contributed by atoms with E-state index in [-0.39, 0.29) is 11.5 Å². The number of ketones is 1. The quantitative estimate of drug-likeness (QED) is 0.496. The lowest BCUT2D eigenvalue weighted by Gasteiger charge is -2.05. The Morgan fingerprint density at radius 3 is 2.73 bits per heavy atom. The van der Waals surface area contributed by atoms with Crippen molar-refractivity contribution in [2.45, 2.75) is 5.03 Å². The molecule has 3 aromatic rings. The van der Waals surface area contributed by atoms with Gasteiger partial charge < -0.3 is 0 Å². The van der Waals surface area contributed by atoms with Gasteiger partial charge >= 0.3 is 0 Å². The molecule has 0 radical (unpaired) electrons. The van der Waals surface area contributed by atoms with E-state index in [0.717, 1.165) is 15.8 Å². The first-order valence-electron chi connectivity index (χ1n) is 6.46. The molecule has 0 saturated heterocycles. The van der Waals surface area contributed by atoms with Crippen molar-refractivity contribution < 1.29 is 4.79 Å². The maximum absolute atomic E-state index is 12.2. The second kappa shape index (κ2) is 6.65. The lowest BCUT2D eigenvalue weighted by molar-refractivity contribution is 0.102. The van der Waals surface area contributed by atoms with Crippen LogP contribution in [0.1, 0.15) is 10.4 Å². The molecule has 1 aromatic heterocycles. The first kappa shape index (κ1) is 15.3. The molecule has 0 aliphatic rings. The largest absolute Gasteiger partial charge is 0.293 e. The topological polar surface area (TPSA) is 42.9 Å². The van der Waals surface area contributed by atoms with Gasteiger partial charge in [0.25, 0.3) is 0 Å². The second-order valence-corrected chi connectivity index (χ2v) is 6.36. The maximum Gasteiger partial charge on any atom is 0.173 e. The van der Waals surface area contributed by atoms with Crippen molar-refractivity contribution in [1.29, 1.82) is 0 Å². The molecule has 0 spiro atoms. The summed E-state index contributed by atoms with van der Waals surface area (Å²) in [5, 5.41) is 11.6. The Labute approximate surface area is 141 Å². The molecule has 3 nitrogen and oxygen atoms in total. The number of aromatic nitrogens is 2. The zero-order valence-electron chi connectivity index (χ0n) is 11.3. The summed E-state index contributed by atoms with van der Waals surface area (Å²) in [7, 11) is 0. The summed E-state index contributed by atoms with van der Waals surface area (Å²) in [6.45, 7) is 0. The minimum Gasteiger partial charge on any atom is -0.293 e. The number of thioether (sulfide) groups is 1. The van der Waals surface area contributed by atoms with Crippen LogP contribution in [-0.4, -0.2) is 21.7 Å². The van der Waals surface area contributed by atoms with Gasteiger partial charge in [0.15, 0.2) is 5.78 Å². The van der Waals surface area contributed by atoms with Crippen molar-refractivity contribution >= 4 is 51.5 Å². The normalized spacial score (nSPS) is 10.8. The molecular formula is C16H10Cl2N2OS. The minimum absolute atomic E-state index is 0.0294. The fourth-order valence-electron chi connectivity index (χ4n) is 2.00. The van der Waals surface area contributed by atoms with Gasteiger partial charge in [0.1, 0.15) is 5.03 Å². The number of hydrogen-bond donors (Lipinski definition) is 0. The van der Waals surface area contributed by atoms with Crippen LogP contribution in [0.4, 0.5) is 0 Å². The summed E-state index contributed by atoms with van der Waals surface area (Å²) in [4.78, 5) is 12.2. The van der Waals surface area contributed by atoms with E-state index in [0.29, 0.717) is 15.6 Å². The van der Waals surface area contributed by atoms with Crippen molar-refractivity contribution in [3.05, 3.63) is 64.3 Å². The molecule has 3 rings (SSSR count). The summed E-state index contributed by atoms with van der Waals surface area (Å²) in [5.74, 6) is 0.235. The Morgan fingerprint density at radius 2 is 1.91 bits per heavy atom. The molecular weight excluding hydrogens is 339 g/mol. The molecule has 0 N–H and O–H groups in total. The van der Waals surface area contributed by atoms with Crippen LogP contribution in [0.3, 0.4) is 0 Å². The van der Waals surface area contributed by atoms with Gasteiger partial charge in [-0.3, -0.25) is 4.79 Å². The van der Waals surface area contributed by atoms with Crippen molar-refractivity contribution in [1.82, 2.24) is 10.2 Å². The minimum atomic E-state index is -0.0294. The van der Waals surface area contributed by atoms with Gasteiger partial charge in [-0.15, -0.1) is 5.10 Å². The van der Waals surface area contributed by atoms with Gasteiger partial charge in [-0.05, 0) is 18.2 Å². The van der Waals surface area contributed by atoms with Crippen LogP contribution in [0.15, 0.2) is 53.7 Å². The fourth-order valence-corrected chi connectivity index (χ4v) is 3.17. The molecule has 0 saturated carbocycles. The summed E-state index contributed by atoms with van der Waals surface area (Å²) in [6, 6.07) is 12.7. The van der Waals surface area contributed by atoms with E-state index in [9.17, 15) is 4.79 Å². The van der Waals surface area contributed by atoms with Crippen molar-refractivity contribution in [2.24, 2.45) is 0 Å². The highest BCUT2D eigenvalue weighted by Gasteiger charge is 2.11. The highest BCUT2D eigenvalue weighted by Crippen LogP contribution is 2.27. The van der Waals surface area contributed by atoms with Crippen LogP contribution < -0.4 is 0 Å². The average Bonchev–Trinajstić information content (AvgIpc) is 2.55. The Balaban J connectivity index is 1.79. The molecule has 0 atom stereocenters. The molecule has 0 aliphatic carbocycles. The summed E-state index contributed by atoms with van der Waals surface area (Å²) in [5.41, 5.74) is 0.537. The lowest BCUT2D eigenvalue weighted by atomic mass is 10.1. The third-order valence-corrected chi connectivity index (χ3v) is 4.84. The second-order valence-electron chi connectivity index (χ2n) is 4.58. The van der Waals surface area contributed by atoms with Crippen molar-refractivity contribution in [2.75, 3.05) is 5.75 Å². The fraction of sp³-hybridized carbons (Fsp3) is 0.0625. The van der Waals surface area contributed by atoms with Gasteiger partial charge in [-0.1, -0.05) is 59.2 Å². The summed E-state index contributed by atoms with van der Waals surface area (Å²) < 4.78 is 0. The maximum atomic E-state index is 12.2. The molecule has 110 valence electrons. The van der Waals surface area contributed by atoms with Gasteiger partial charge in [-0.25, -0.2) is 0 Å². The van der Waals surface area contributed by atoms with Gasteiger partial charge in [0.05, 0.1) is 22.0 Å². The van der Waals surface area contributed by atoms with Gasteiger partial charge in [-0.2, -0.15) is 5.10 Å². The number of nitrogens with zero attached hydrogens (tertiary/aromatic N) is 2. The van der Waals surface area contributed by atoms with E-state index in [2.05, 4.69) is 10.2 Å². The van der Waals surface area contributed by atoms with Crippen LogP contribution in [0.5, 0.6) is 0 Å². The average molecular weight is 349 g/mol. The van der Waals surface area contributed by atoms with Crippen molar-refractivity contribution in [3.8, 4) is 0 Å².